The molecule has 0 aliphatic rings. The number of aryl methyl sites for hydroxylation is 2. The van der Waals surface area contributed by atoms with Crippen molar-refractivity contribution in [1.82, 2.24) is 25.1 Å². The molecule has 0 amide bonds. The Kier molecular flexibility index (Phi) is 3.84. The molecule has 1 N–H and O–H groups in total. The van der Waals surface area contributed by atoms with Crippen LogP contribution >= 0.6 is 11.3 Å². The van der Waals surface area contributed by atoms with Gasteiger partial charge in [0, 0.05) is 13.0 Å². The summed E-state index contributed by atoms with van der Waals surface area (Å²) in [6.45, 7) is 0.609. The highest BCUT2D eigenvalue weighted by atomic mass is 32.1. The van der Waals surface area contributed by atoms with Gasteiger partial charge >= 0.3 is 0 Å². The molecule has 7 nitrogen and oxygen atoms in total. The Hall–Kier alpha value is -2.06. The van der Waals surface area contributed by atoms with Crippen molar-refractivity contribution in [1.29, 1.82) is 0 Å². The van der Waals surface area contributed by atoms with Crippen LogP contribution in [0.1, 0.15) is 18.0 Å². The maximum absolute atomic E-state index is 8.90. The molecule has 104 valence electrons. The summed E-state index contributed by atoms with van der Waals surface area (Å²) in [5.41, 5.74) is 0.572. The molecule has 3 heterocycles. The zero-order valence-electron chi connectivity index (χ0n) is 10.6. The van der Waals surface area contributed by atoms with Crippen LogP contribution in [0.2, 0.25) is 0 Å². The van der Waals surface area contributed by atoms with Crippen LogP contribution in [0.4, 0.5) is 0 Å². The van der Waals surface area contributed by atoms with Gasteiger partial charge in [-0.15, -0.1) is 16.4 Å². The molecule has 3 aromatic heterocycles. The Bertz CT molecular complexity index is 661. The molecular weight excluding hydrogens is 278 g/mol. The third kappa shape index (κ3) is 2.91. The highest BCUT2D eigenvalue weighted by molar-refractivity contribution is 7.13. The SMILES string of the molecule is OCc1cn(CCCc2nc(-c3cccs3)no2)nn1. The molecule has 3 rings (SSSR count). The van der Waals surface area contributed by atoms with E-state index < -0.39 is 0 Å². The van der Waals surface area contributed by atoms with Gasteiger partial charge in [0.05, 0.1) is 17.7 Å². The lowest BCUT2D eigenvalue weighted by molar-refractivity contribution is 0.276. The average Bonchev–Trinajstić information content (AvgIpc) is 3.20. The van der Waals surface area contributed by atoms with Crippen LogP contribution in [0.3, 0.4) is 0 Å². The number of aliphatic hydroxyl groups is 1. The summed E-state index contributed by atoms with van der Waals surface area (Å²) < 4.78 is 6.91. The van der Waals surface area contributed by atoms with Crippen LogP contribution < -0.4 is 0 Å². The number of hydrogen-bond acceptors (Lipinski definition) is 7. The Morgan fingerprint density at radius 2 is 2.35 bits per heavy atom. The number of hydrogen-bond donors (Lipinski definition) is 1. The average molecular weight is 291 g/mol. The minimum atomic E-state index is -0.0895. The normalized spacial score (nSPS) is 11.1. The van der Waals surface area contributed by atoms with Crippen molar-refractivity contribution >= 4 is 11.3 Å². The van der Waals surface area contributed by atoms with Gasteiger partial charge in [-0.3, -0.25) is 4.68 Å². The maximum atomic E-state index is 8.90. The molecule has 3 aromatic rings. The first-order valence-electron chi connectivity index (χ1n) is 6.21. The number of aliphatic hydroxyl groups excluding tert-OH is 1. The van der Waals surface area contributed by atoms with E-state index in [0.717, 1.165) is 11.3 Å². The third-order valence-corrected chi connectivity index (χ3v) is 3.60. The fourth-order valence-corrected chi connectivity index (χ4v) is 2.42. The van der Waals surface area contributed by atoms with Gasteiger partial charge in [-0.2, -0.15) is 4.98 Å². The Balaban J connectivity index is 1.54. The molecule has 0 atom stereocenters. The highest BCUT2D eigenvalue weighted by Gasteiger charge is 2.09. The van der Waals surface area contributed by atoms with Crippen molar-refractivity contribution in [2.75, 3.05) is 0 Å². The summed E-state index contributed by atoms with van der Waals surface area (Å²) in [5, 5.41) is 22.6. The number of thiophene rings is 1. The van der Waals surface area contributed by atoms with Crippen LogP contribution in [0.25, 0.3) is 10.7 Å². The zero-order chi connectivity index (χ0) is 13.8. The molecule has 20 heavy (non-hydrogen) atoms. The van der Waals surface area contributed by atoms with Crippen LogP contribution in [0.5, 0.6) is 0 Å². The quantitative estimate of drug-likeness (QED) is 0.740. The summed E-state index contributed by atoms with van der Waals surface area (Å²) in [7, 11) is 0. The first kappa shape index (κ1) is 12.9. The van der Waals surface area contributed by atoms with Crippen LogP contribution in [-0.4, -0.2) is 30.2 Å². The lowest BCUT2D eigenvalue weighted by Crippen LogP contribution is -2.00. The smallest absolute Gasteiger partial charge is 0.227 e. The maximum Gasteiger partial charge on any atom is 0.227 e. The zero-order valence-corrected chi connectivity index (χ0v) is 11.5. The van der Waals surface area contributed by atoms with Crippen molar-refractivity contribution < 1.29 is 9.63 Å². The van der Waals surface area contributed by atoms with E-state index in [0.29, 0.717) is 30.4 Å². The van der Waals surface area contributed by atoms with Gasteiger partial charge in [-0.05, 0) is 17.9 Å². The molecule has 0 saturated carbocycles. The lowest BCUT2D eigenvalue weighted by Gasteiger charge is -1.96. The van der Waals surface area contributed by atoms with Gasteiger partial charge in [0.2, 0.25) is 11.7 Å². The van der Waals surface area contributed by atoms with Gasteiger partial charge in [0.1, 0.15) is 5.69 Å². The minimum Gasteiger partial charge on any atom is -0.390 e. The molecule has 0 aromatic carbocycles. The van der Waals surface area contributed by atoms with Crippen LogP contribution in [0.15, 0.2) is 28.2 Å². The number of nitrogens with zero attached hydrogens (tertiary/aromatic N) is 5. The van der Waals surface area contributed by atoms with E-state index in [4.69, 9.17) is 9.63 Å². The summed E-state index contributed by atoms with van der Waals surface area (Å²) >= 11 is 1.58. The lowest BCUT2D eigenvalue weighted by atomic mass is 10.3. The van der Waals surface area contributed by atoms with Crippen molar-refractivity contribution in [3.8, 4) is 10.7 Å². The van der Waals surface area contributed by atoms with Crippen molar-refractivity contribution in [2.45, 2.75) is 26.0 Å². The highest BCUT2D eigenvalue weighted by Crippen LogP contribution is 2.21. The van der Waals surface area contributed by atoms with Gasteiger partial charge in [-0.1, -0.05) is 16.4 Å². The van der Waals surface area contributed by atoms with Crippen molar-refractivity contribution in [3.05, 3.63) is 35.3 Å². The van der Waals surface area contributed by atoms with Crippen LogP contribution in [-0.2, 0) is 19.6 Å². The fourth-order valence-electron chi connectivity index (χ4n) is 1.77. The predicted molar refractivity (Wildman–Crippen MR) is 71.9 cm³/mol. The predicted octanol–water partition coefficient (Wildman–Crippen LogP) is 1.51. The Morgan fingerprint density at radius 1 is 1.40 bits per heavy atom. The van der Waals surface area contributed by atoms with Gasteiger partial charge < -0.3 is 9.63 Å². The second kappa shape index (κ2) is 5.93. The van der Waals surface area contributed by atoms with E-state index in [9.17, 15) is 0 Å². The van der Waals surface area contributed by atoms with E-state index in [1.165, 1.54) is 0 Å². The van der Waals surface area contributed by atoms with Crippen LogP contribution in [0, 0.1) is 0 Å². The molecule has 0 aliphatic carbocycles. The molecule has 0 aliphatic heterocycles. The van der Waals surface area contributed by atoms with Crippen molar-refractivity contribution in [3.63, 3.8) is 0 Å². The Labute approximate surface area is 118 Å². The van der Waals surface area contributed by atoms with E-state index >= 15 is 0 Å². The molecule has 8 heteroatoms. The molecule has 0 radical (unpaired) electrons. The largest absolute Gasteiger partial charge is 0.390 e. The fraction of sp³-hybridized carbons (Fsp3) is 0.333. The Morgan fingerprint density at radius 3 is 3.10 bits per heavy atom. The molecule has 0 fully saturated rings. The summed E-state index contributed by atoms with van der Waals surface area (Å²) in [4.78, 5) is 5.36. The number of rotatable bonds is 6. The summed E-state index contributed by atoms with van der Waals surface area (Å²) in [6.07, 6.45) is 3.23. The topological polar surface area (TPSA) is 89.9 Å². The second-order valence-electron chi connectivity index (χ2n) is 4.22. The van der Waals surface area contributed by atoms with Gasteiger partial charge in [0.25, 0.3) is 0 Å². The second-order valence-corrected chi connectivity index (χ2v) is 5.17. The monoisotopic (exact) mass is 291 g/mol. The molecule has 0 unspecified atom stereocenters. The third-order valence-electron chi connectivity index (χ3n) is 2.74. The standard InChI is InChI=1S/C12H13N5O2S/c18-8-9-7-17(16-14-9)5-1-4-11-13-12(15-19-11)10-3-2-6-20-10/h2-3,6-7,18H,1,4-5,8H2. The summed E-state index contributed by atoms with van der Waals surface area (Å²) in [6, 6.07) is 3.92. The van der Waals surface area contributed by atoms with Gasteiger partial charge in [0.15, 0.2) is 0 Å². The molecule has 0 bridgehead atoms. The van der Waals surface area contributed by atoms with Gasteiger partial charge in [-0.25, -0.2) is 0 Å². The van der Waals surface area contributed by atoms with E-state index in [1.807, 2.05) is 17.5 Å². The van der Waals surface area contributed by atoms with E-state index in [-0.39, 0.29) is 6.61 Å². The van der Waals surface area contributed by atoms with E-state index in [2.05, 4.69) is 20.5 Å². The molecular formula is C12H13N5O2S. The minimum absolute atomic E-state index is 0.0895. The number of aromatic nitrogens is 5. The molecule has 0 spiro atoms. The first-order chi connectivity index (χ1) is 9.85. The van der Waals surface area contributed by atoms with Crippen molar-refractivity contribution in [2.24, 2.45) is 0 Å². The summed E-state index contributed by atoms with van der Waals surface area (Å²) in [5.74, 6) is 1.26. The molecule has 0 saturated heterocycles. The van der Waals surface area contributed by atoms with E-state index in [1.54, 1.807) is 22.2 Å². The first-order valence-corrected chi connectivity index (χ1v) is 7.09.